The Hall–Kier alpha value is -0.820. The predicted octanol–water partition coefficient (Wildman–Crippen LogP) is 2.84. The molecule has 0 saturated carbocycles. The van der Waals surface area contributed by atoms with Crippen LogP contribution in [0.4, 0.5) is 0 Å². The lowest BCUT2D eigenvalue weighted by molar-refractivity contribution is 0.302. The summed E-state index contributed by atoms with van der Waals surface area (Å²) in [5.41, 5.74) is 0. The van der Waals surface area contributed by atoms with E-state index in [9.17, 15) is 0 Å². The van der Waals surface area contributed by atoms with Crippen LogP contribution in [0.5, 0.6) is 0 Å². The molecule has 12 heavy (non-hydrogen) atoms. The van der Waals surface area contributed by atoms with Gasteiger partial charge in [0.15, 0.2) is 0 Å². The largest absolute Gasteiger partial charge is 0.396 e. The van der Waals surface area contributed by atoms with Crippen LogP contribution < -0.4 is 0 Å². The molecule has 0 aliphatic rings. The molecule has 0 saturated heterocycles. The summed E-state index contributed by atoms with van der Waals surface area (Å²) in [5, 5.41) is 8.45. The summed E-state index contributed by atoms with van der Waals surface area (Å²) in [6.45, 7) is 3.89. The molecule has 1 heteroatoms. The number of rotatable bonds is 7. The van der Waals surface area contributed by atoms with Gasteiger partial charge in [0.2, 0.25) is 0 Å². The second-order valence-electron chi connectivity index (χ2n) is 2.59. The van der Waals surface area contributed by atoms with Crippen molar-refractivity contribution in [1.29, 1.82) is 0 Å². The predicted molar refractivity (Wildman–Crippen MR) is 54.0 cm³/mol. The molecule has 1 N–H and O–H groups in total. The van der Waals surface area contributed by atoms with E-state index in [0.717, 1.165) is 19.3 Å². The summed E-state index contributed by atoms with van der Waals surface area (Å²) in [7, 11) is 0. The van der Waals surface area contributed by atoms with Crippen molar-refractivity contribution >= 4 is 0 Å². The summed E-state index contributed by atoms with van der Waals surface area (Å²) in [5.74, 6) is 0. The summed E-state index contributed by atoms with van der Waals surface area (Å²) < 4.78 is 0. The normalized spacial score (nSPS) is 11.4. The van der Waals surface area contributed by atoms with E-state index in [1.807, 2.05) is 24.3 Å². The number of unbranched alkanes of at least 4 members (excludes halogenated alkanes) is 2. The van der Waals surface area contributed by atoms with E-state index in [4.69, 9.17) is 5.11 Å². The summed E-state index contributed by atoms with van der Waals surface area (Å²) in [6, 6.07) is 0. The maximum Gasteiger partial charge on any atom is 0.0465 e. The Morgan fingerprint density at radius 1 is 1.00 bits per heavy atom. The van der Waals surface area contributed by atoms with E-state index in [-0.39, 0.29) is 6.61 Å². The number of aliphatic hydroxyl groups is 1. The minimum Gasteiger partial charge on any atom is -0.396 e. The lowest BCUT2D eigenvalue weighted by Crippen LogP contribution is -1.74. The van der Waals surface area contributed by atoms with Gasteiger partial charge in [-0.25, -0.2) is 0 Å². The molecule has 68 valence electrons. The fourth-order valence-electron chi connectivity index (χ4n) is 0.804. The first-order valence-electron chi connectivity index (χ1n) is 4.45. The standard InChI is InChI=1S/C11H18O/c1-2-3-4-5-6-7-8-9-10-11-12/h2,6-9,12H,1,3-5,10-11H2. The van der Waals surface area contributed by atoms with Crippen molar-refractivity contribution < 1.29 is 5.11 Å². The molecule has 0 spiro atoms. The maximum absolute atomic E-state index is 8.45. The Labute approximate surface area is 75.1 Å². The lowest BCUT2D eigenvalue weighted by Gasteiger charge is -1.87. The highest BCUT2D eigenvalue weighted by Gasteiger charge is 1.77. The van der Waals surface area contributed by atoms with Crippen LogP contribution in [0.25, 0.3) is 0 Å². The first kappa shape index (κ1) is 11.2. The Bertz CT molecular complexity index is 145. The summed E-state index contributed by atoms with van der Waals surface area (Å²) in [6.07, 6.45) is 14.2. The lowest BCUT2D eigenvalue weighted by atomic mass is 10.2. The molecular weight excluding hydrogens is 148 g/mol. The molecule has 0 aromatic carbocycles. The molecule has 0 amide bonds. The second-order valence-corrected chi connectivity index (χ2v) is 2.59. The van der Waals surface area contributed by atoms with E-state index >= 15 is 0 Å². The summed E-state index contributed by atoms with van der Waals surface area (Å²) in [4.78, 5) is 0. The molecule has 0 bridgehead atoms. The molecule has 0 aliphatic heterocycles. The Balaban J connectivity index is 3.18. The molecule has 0 unspecified atom stereocenters. The Morgan fingerprint density at radius 3 is 2.25 bits per heavy atom. The monoisotopic (exact) mass is 166 g/mol. The van der Waals surface area contributed by atoms with Crippen molar-refractivity contribution in [1.82, 2.24) is 0 Å². The molecule has 0 aromatic heterocycles. The SMILES string of the molecule is C=CCCCC=CC=CCCO. The van der Waals surface area contributed by atoms with Crippen LogP contribution in [-0.4, -0.2) is 11.7 Å². The van der Waals surface area contributed by atoms with Crippen molar-refractivity contribution in [2.24, 2.45) is 0 Å². The van der Waals surface area contributed by atoms with Crippen molar-refractivity contribution in [2.45, 2.75) is 25.7 Å². The Morgan fingerprint density at radius 2 is 1.67 bits per heavy atom. The molecule has 0 fully saturated rings. The van der Waals surface area contributed by atoms with Crippen molar-refractivity contribution in [3.8, 4) is 0 Å². The van der Waals surface area contributed by atoms with Crippen LogP contribution in [0.15, 0.2) is 37.0 Å². The minimum atomic E-state index is 0.237. The van der Waals surface area contributed by atoms with E-state index < -0.39 is 0 Å². The van der Waals surface area contributed by atoms with Gasteiger partial charge in [-0.1, -0.05) is 30.4 Å². The zero-order valence-electron chi connectivity index (χ0n) is 7.58. The van der Waals surface area contributed by atoms with Gasteiger partial charge in [0.05, 0.1) is 0 Å². The highest BCUT2D eigenvalue weighted by atomic mass is 16.2. The maximum atomic E-state index is 8.45. The van der Waals surface area contributed by atoms with Crippen LogP contribution >= 0.6 is 0 Å². The van der Waals surface area contributed by atoms with E-state index in [1.165, 1.54) is 6.42 Å². The minimum absolute atomic E-state index is 0.237. The van der Waals surface area contributed by atoms with Crippen molar-refractivity contribution in [2.75, 3.05) is 6.61 Å². The average Bonchev–Trinajstić information content (AvgIpc) is 2.10. The third-order valence-corrected chi connectivity index (χ3v) is 1.46. The van der Waals surface area contributed by atoms with Gasteiger partial charge in [-0.3, -0.25) is 0 Å². The van der Waals surface area contributed by atoms with Crippen LogP contribution in [0.3, 0.4) is 0 Å². The number of allylic oxidation sites excluding steroid dienone is 4. The molecule has 1 nitrogen and oxygen atoms in total. The second kappa shape index (κ2) is 10.2. The van der Waals surface area contributed by atoms with Crippen molar-refractivity contribution in [3.63, 3.8) is 0 Å². The van der Waals surface area contributed by atoms with Crippen LogP contribution in [0.2, 0.25) is 0 Å². The topological polar surface area (TPSA) is 20.2 Å². The average molecular weight is 166 g/mol. The van der Waals surface area contributed by atoms with E-state index in [1.54, 1.807) is 0 Å². The van der Waals surface area contributed by atoms with Crippen LogP contribution in [0.1, 0.15) is 25.7 Å². The number of hydrogen-bond acceptors (Lipinski definition) is 1. The van der Waals surface area contributed by atoms with Gasteiger partial charge in [-0.15, -0.1) is 6.58 Å². The number of aliphatic hydroxyl groups excluding tert-OH is 1. The summed E-state index contributed by atoms with van der Waals surface area (Å²) >= 11 is 0. The fourth-order valence-corrected chi connectivity index (χ4v) is 0.804. The van der Waals surface area contributed by atoms with E-state index in [2.05, 4.69) is 12.7 Å². The third-order valence-electron chi connectivity index (χ3n) is 1.46. The van der Waals surface area contributed by atoms with Gasteiger partial charge >= 0.3 is 0 Å². The molecule has 0 rings (SSSR count). The smallest absolute Gasteiger partial charge is 0.0465 e. The highest BCUT2D eigenvalue weighted by Crippen LogP contribution is 1.96. The molecule has 0 heterocycles. The molecule has 0 atom stereocenters. The first-order chi connectivity index (χ1) is 5.91. The Kier molecular flexibility index (Phi) is 9.48. The molecule has 0 aromatic rings. The van der Waals surface area contributed by atoms with Gasteiger partial charge in [0, 0.05) is 6.61 Å². The number of hydrogen-bond donors (Lipinski definition) is 1. The van der Waals surface area contributed by atoms with Gasteiger partial charge in [-0.05, 0) is 25.7 Å². The van der Waals surface area contributed by atoms with Gasteiger partial charge in [0.25, 0.3) is 0 Å². The molecule has 0 aliphatic carbocycles. The van der Waals surface area contributed by atoms with E-state index in [0.29, 0.717) is 0 Å². The van der Waals surface area contributed by atoms with Gasteiger partial charge in [0.1, 0.15) is 0 Å². The third kappa shape index (κ3) is 9.18. The zero-order valence-corrected chi connectivity index (χ0v) is 7.58. The van der Waals surface area contributed by atoms with Crippen LogP contribution in [-0.2, 0) is 0 Å². The van der Waals surface area contributed by atoms with Gasteiger partial charge in [-0.2, -0.15) is 0 Å². The van der Waals surface area contributed by atoms with Crippen LogP contribution in [0, 0.1) is 0 Å². The fraction of sp³-hybridized carbons (Fsp3) is 0.455. The van der Waals surface area contributed by atoms with Gasteiger partial charge < -0.3 is 5.11 Å². The quantitative estimate of drug-likeness (QED) is 0.350. The first-order valence-corrected chi connectivity index (χ1v) is 4.45. The molecular formula is C11H18O. The molecule has 0 radical (unpaired) electrons. The zero-order chi connectivity index (χ0) is 9.07. The van der Waals surface area contributed by atoms with Crippen molar-refractivity contribution in [3.05, 3.63) is 37.0 Å². The highest BCUT2D eigenvalue weighted by molar-refractivity contribution is 5.02.